The van der Waals surface area contributed by atoms with Gasteiger partial charge < -0.3 is 9.05 Å². The van der Waals surface area contributed by atoms with Gasteiger partial charge in [-0.25, -0.2) is 4.57 Å². The molecule has 4 nitrogen and oxygen atoms in total. The minimum absolute atomic E-state index is 0.0870. The molecule has 1 N–H and O–H groups in total. The summed E-state index contributed by atoms with van der Waals surface area (Å²) in [4.78, 5) is 10.8. The maximum absolute atomic E-state index is 13.2. The molecule has 4 aliphatic heterocycles. The Morgan fingerprint density at radius 3 is 0.778 bits per heavy atom. The first-order valence-electron chi connectivity index (χ1n) is 32.3. The molecule has 0 fully saturated rings. The first-order valence-corrected chi connectivity index (χ1v) is 33.8. The van der Waals surface area contributed by atoms with Crippen LogP contribution in [0.4, 0.5) is 0 Å². The molecule has 2 aromatic carbocycles. The maximum atomic E-state index is 13.2. The van der Waals surface area contributed by atoms with E-state index < -0.39 is 7.82 Å². The molecule has 0 aromatic heterocycles. The van der Waals surface area contributed by atoms with Crippen molar-refractivity contribution in [3.05, 3.63) is 59.7 Å². The molecule has 0 aliphatic carbocycles. The Kier molecular flexibility index (Phi) is 38.0. The zero-order valence-corrected chi connectivity index (χ0v) is 49.3. The van der Waals surface area contributed by atoms with Crippen LogP contribution < -0.4 is 9.05 Å². The van der Waals surface area contributed by atoms with Crippen molar-refractivity contribution >= 4 is 7.82 Å². The normalized spacial score (nSPS) is 16.7. The van der Waals surface area contributed by atoms with E-state index in [0.29, 0.717) is 11.5 Å². The van der Waals surface area contributed by atoms with Crippen LogP contribution in [0.3, 0.4) is 0 Å². The summed E-state index contributed by atoms with van der Waals surface area (Å²) in [6.07, 6.45) is 66.5. The lowest BCUT2D eigenvalue weighted by Gasteiger charge is -2.54. The second-order valence-corrected chi connectivity index (χ2v) is 24.7. The predicted octanol–water partition coefficient (Wildman–Crippen LogP) is 24.0. The Bertz CT molecular complexity index is 1430. The molecule has 4 heterocycles. The highest BCUT2D eigenvalue weighted by Crippen LogP contribution is 2.60. The summed E-state index contributed by atoms with van der Waals surface area (Å²) in [5.41, 5.74) is 2.66. The number of rotatable bonds is 50. The molecule has 0 spiro atoms. The first-order chi connectivity index (χ1) is 35.4. The van der Waals surface area contributed by atoms with Gasteiger partial charge in [0.05, 0.1) is 0 Å². The largest absolute Gasteiger partial charge is 0.584 e. The third-order valence-electron chi connectivity index (χ3n) is 17.2. The van der Waals surface area contributed by atoms with Crippen molar-refractivity contribution in [1.29, 1.82) is 0 Å². The van der Waals surface area contributed by atoms with Crippen LogP contribution in [0.1, 0.15) is 353 Å². The van der Waals surface area contributed by atoms with Gasteiger partial charge in [0.2, 0.25) is 0 Å². The van der Waals surface area contributed by atoms with Crippen LogP contribution in [0, 0.1) is 5.41 Å². The molecule has 0 radical (unpaired) electrons. The lowest BCUT2D eigenvalue weighted by Crippen LogP contribution is -2.47. The van der Waals surface area contributed by atoms with E-state index in [2.05, 4.69) is 52.0 Å². The Hall–Kier alpha value is -1.77. The van der Waals surface area contributed by atoms with Crippen molar-refractivity contribution in [3.8, 4) is 11.5 Å². The summed E-state index contributed by atoms with van der Waals surface area (Å²) < 4.78 is 24.7. The molecule has 0 atom stereocenters. The molecule has 416 valence electrons. The van der Waals surface area contributed by atoms with Crippen molar-refractivity contribution in [3.63, 3.8) is 0 Å². The van der Waals surface area contributed by atoms with Gasteiger partial charge in [-0.2, -0.15) is 0 Å². The van der Waals surface area contributed by atoms with Crippen LogP contribution in [-0.4, -0.2) is 4.89 Å². The second-order valence-electron chi connectivity index (χ2n) is 23.4. The van der Waals surface area contributed by atoms with E-state index in [4.69, 9.17) is 9.05 Å². The highest BCUT2D eigenvalue weighted by molar-refractivity contribution is 7.48. The van der Waals surface area contributed by atoms with Crippen LogP contribution in [0.5, 0.6) is 11.5 Å². The van der Waals surface area contributed by atoms with E-state index in [1.165, 1.54) is 319 Å². The Morgan fingerprint density at radius 2 is 0.542 bits per heavy atom. The summed E-state index contributed by atoms with van der Waals surface area (Å²) in [5, 5.41) is 0. The van der Waals surface area contributed by atoms with Gasteiger partial charge in [-0.05, 0) is 66.5 Å². The third kappa shape index (κ3) is 27.3. The number of phosphoric ester groups is 1. The van der Waals surface area contributed by atoms with E-state index in [1.807, 2.05) is 24.3 Å². The second kappa shape index (κ2) is 42.4. The van der Waals surface area contributed by atoms with Gasteiger partial charge in [0, 0.05) is 5.41 Å². The third-order valence-corrected chi connectivity index (χ3v) is 18.1. The van der Waals surface area contributed by atoms with E-state index in [1.54, 1.807) is 0 Å². The summed E-state index contributed by atoms with van der Waals surface area (Å²) in [5.74, 6) is 0.816. The fourth-order valence-corrected chi connectivity index (χ4v) is 13.7. The fourth-order valence-electron chi connectivity index (χ4n) is 12.8. The fraction of sp³-hybridized carbons (Fsp3) is 0.821. The zero-order valence-electron chi connectivity index (χ0n) is 48.4. The van der Waals surface area contributed by atoms with Gasteiger partial charge in [0.25, 0.3) is 0 Å². The van der Waals surface area contributed by atoms with Crippen LogP contribution in [-0.2, 0) is 9.98 Å². The van der Waals surface area contributed by atoms with Crippen LogP contribution in [0.25, 0.3) is 0 Å². The van der Waals surface area contributed by atoms with Gasteiger partial charge in [0.1, 0.15) is 11.5 Å². The quantitative estimate of drug-likeness (QED) is 0.0530. The molecule has 6 rings (SSSR count). The first kappa shape index (κ1) is 64.5. The number of phosphoric acid groups is 1. The monoisotopic (exact) mass is 1020 g/mol. The molecular formula is C67H119O4P. The minimum Gasteiger partial charge on any atom is -0.395 e. The highest BCUT2D eigenvalue weighted by Gasteiger charge is 2.51. The van der Waals surface area contributed by atoms with Gasteiger partial charge in [-0.3, -0.25) is 4.89 Å². The van der Waals surface area contributed by atoms with E-state index in [9.17, 15) is 9.46 Å². The molecule has 4 aliphatic rings. The highest BCUT2D eigenvalue weighted by atomic mass is 31.2. The summed E-state index contributed by atoms with van der Waals surface area (Å²) >= 11 is 0. The molecule has 72 heavy (non-hydrogen) atoms. The predicted molar refractivity (Wildman–Crippen MR) is 316 cm³/mol. The summed E-state index contributed by atoms with van der Waals surface area (Å²) in [6.45, 7) is 9.27. The average molecular weight is 1020 g/mol. The Labute approximate surface area is 448 Å². The number of benzene rings is 2. The topological polar surface area (TPSA) is 55.8 Å². The van der Waals surface area contributed by atoms with Crippen molar-refractivity contribution < 1.29 is 18.5 Å². The zero-order chi connectivity index (χ0) is 51.5. The molecule has 5 heteroatoms. The average Bonchev–Trinajstić information content (AvgIpc) is 3.37. The van der Waals surface area contributed by atoms with E-state index in [0.717, 1.165) is 6.42 Å². The van der Waals surface area contributed by atoms with Crippen molar-refractivity contribution in [1.82, 2.24) is 0 Å². The molecule has 0 amide bonds. The minimum atomic E-state index is -4.35. The SMILES string of the molecule is CCCCCCCCCCCCCCC1(C(CCCCCCCCCCCCC)(CCCCCCCCCCCCC)CCCCCCCCCCCCC)c2ccc(cc2)OP(=O)(O)Oc2ccc1cc2. The molecule has 2 aromatic rings. The standard InChI is InChI=1S/C67H119O4P/c1-5-9-13-17-21-25-29-33-37-41-45-49-61-67(62-50-54-64(55-51-62)70-72(68,69)71-65-56-52-63(67)53-57-65)66(58-46-42-38-34-30-26-22-18-14-10-6-2,59-47-43-39-35-31-27-23-19-15-11-7-3)60-48-44-40-36-32-28-24-20-16-12-8-4/h50-57H,5-49,58-61H2,1-4H3,(H,68,69). The Morgan fingerprint density at radius 1 is 0.333 bits per heavy atom. The Balaban J connectivity index is 1.96. The van der Waals surface area contributed by atoms with Crippen molar-refractivity contribution in [2.45, 2.75) is 348 Å². The number of unbranched alkanes of at least 4 members (excludes halogenated alkanes) is 41. The van der Waals surface area contributed by atoms with Gasteiger partial charge in [-0.1, -0.05) is 341 Å². The molecule has 4 bridgehead atoms. The summed E-state index contributed by atoms with van der Waals surface area (Å²) in [7, 11) is -4.35. The van der Waals surface area contributed by atoms with Crippen LogP contribution in [0.15, 0.2) is 48.5 Å². The van der Waals surface area contributed by atoms with Crippen molar-refractivity contribution in [2.75, 3.05) is 0 Å². The molecule has 0 saturated heterocycles. The lowest BCUT2D eigenvalue weighted by molar-refractivity contribution is 0.0816. The van der Waals surface area contributed by atoms with Crippen LogP contribution in [0.2, 0.25) is 0 Å². The molecule has 0 saturated carbocycles. The molecular weight excluding hydrogens is 900 g/mol. The van der Waals surface area contributed by atoms with E-state index in [-0.39, 0.29) is 10.8 Å². The van der Waals surface area contributed by atoms with Crippen LogP contribution >= 0.6 is 7.82 Å². The molecule has 0 unspecified atom stereocenters. The van der Waals surface area contributed by atoms with Gasteiger partial charge in [0.15, 0.2) is 0 Å². The number of hydrogen-bond acceptors (Lipinski definition) is 3. The van der Waals surface area contributed by atoms with Gasteiger partial charge >= 0.3 is 7.82 Å². The lowest BCUT2D eigenvalue weighted by atomic mass is 9.50. The maximum Gasteiger partial charge on any atom is 0.584 e. The number of hydrogen-bond donors (Lipinski definition) is 1. The smallest absolute Gasteiger partial charge is 0.395 e. The van der Waals surface area contributed by atoms with E-state index >= 15 is 0 Å². The summed E-state index contributed by atoms with van der Waals surface area (Å²) in [6, 6.07) is 17.1. The van der Waals surface area contributed by atoms with Crippen molar-refractivity contribution in [2.24, 2.45) is 5.41 Å². The van der Waals surface area contributed by atoms with Gasteiger partial charge in [-0.15, -0.1) is 0 Å².